The molecule has 2 atom stereocenters. The van der Waals surface area contributed by atoms with Gasteiger partial charge in [-0.05, 0) is 45.2 Å². The second-order valence-electron chi connectivity index (χ2n) is 5.34. The monoisotopic (exact) mass is 277 g/mol. The summed E-state index contributed by atoms with van der Waals surface area (Å²) < 4.78 is 0. The summed E-state index contributed by atoms with van der Waals surface area (Å²) in [5.41, 5.74) is 5.46. The number of rotatable bonds is 2. The Kier molecular flexibility index (Phi) is 3.92. The first-order valence-corrected chi connectivity index (χ1v) is 6.79. The van der Waals surface area contributed by atoms with Crippen molar-refractivity contribution in [1.29, 1.82) is 0 Å². The minimum Gasteiger partial charge on any atom is -0.393 e. The van der Waals surface area contributed by atoms with E-state index >= 15 is 0 Å². The number of nitrogens with two attached hydrogens (primary N) is 1. The molecule has 1 saturated heterocycles. The Morgan fingerprint density at radius 1 is 1.35 bits per heavy atom. The fraction of sp³-hybridized carbons (Fsp3) is 0.500. The Balaban J connectivity index is 2.43. The summed E-state index contributed by atoms with van der Waals surface area (Å²) in [4.78, 5) is 25.0. The molecule has 2 N–H and O–H groups in total. The van der Waals surface area contributed by atoms with E-state index in [0.717, 1.165) is 19.3 Å². The van der Waals surface area contributed by atoms with E-state index in [4.69, 9.17) is 5.73 Å². The lowest BCUT2D eigenvalue weighted by Crippen LogP contribution is -2.47. The zero-order valence-electron chi connectivity index (χ0n) is 11.7. The average molecular weight is 277 g/mol. The zero-order valence-corrected chi connectivity index (χ0v) is 11.7. The van der Waals surface area contributed by atoms with Gasteiger partial charge in [0.1, 0.15) is 11.3 Å². The smallest absolute Gasteiger partial charge is 0.304 e. The quantitative estimate of drug-likeness (QED) is 0.511. The summed E-state index contributed by atoms with van der Waals surface area (Å²) >= 11 is 0. The summed E-state index contributed by atoms with van der Waals surface area (Å²) in [7, 11) is 0. The molecule has 0 aliphatic carbocycles. The molecule has 1 aliphatic heterocycles. The number of piperidine rings is 1. The molecule has 0 radical (unpaired) electrons. The molecule has 0 aromatic heterocycles. The molecule has 1 aromatic rings. The summed E-state index contributed by atoms with van der Waals surface area (Å²) in [5, 5.41) is 11.1. The molecule has 108 valence electrons. The molecule has 0 unspecified atom stereocenters. The van der Waals surface area contributed by atoms with Crippen LogP contribution in [-0.4, -0.2) is 27.8 Å². The van der Waals surface area contributed by atoms with Gasteiger partial charge in [0.2, 0.25) is 0 Å². The minimum absolute atomic E-state index is 0.0261. The van der Waals surface area contributed by atoms with Crippen LogP contribution in [0.15, 0.2) is 18.2 Å². The predicted molar refractivity (Wildman–Crippen MR) is 76.5 cm³/mol. The number of carbonyl (C=O) groups is 1. The maximum Gasteiger partial charge on any atom is 0.304 e. The fourth-order valence-corrected chi connectivity index (χ4v) is 2.90. The standard InChI is InChI=1S/C14H19N3O3/c1-9-5-3-6-10(2)16(9)14(18)11-7-4-8-12(15)13(11)17(19)20/h4,7-10H,3,5-6,15H2,1-2H3/t9-,10+. The van der Waals surface area contributed by atoms with Crippen molar-refractivity contribution in [3.63, 3.8) is 0 Å². The highest BCUT2D eigenvalue weighted by atomic mass is 16.6. The van der Waals surface area contributed by atoms with Gasteiger partial charge in [0.15, 0.2) is 0 Å². The summed E-state index contributed by atoms with van der Waals surface area (Å²) in [6.45, 7) is 3.96. The highest BCUT2D eigenvalue weighted by Gasteiger charge is 2.33. The van der Waals surface area contributed by atoms with Crippen molar-refractivity contribution in [1.82, 2.24) is 4.90 Å². The number of carbonyl (C=O) groups excluding carboxylic acids is 1. The molecule has 0 bridgehead atoms. The fourth-order valence-electron chi connectivity index (χ4n) is 2.90. The summed E-state index contributed by atoms with van der Waals surface area (Å²) in [6.07, 6.45) is 2.92. The van der Waals surface area contributed by atoms with E-state index in [2.05, 4.69) is 0 Å². The number of para-hydroxylation sites is 1. The van der Waals surface area contributed by atoms with Crippen molar-refractivity contribution >= 4 is 17.3 Å². The Bertz CT molecular complexity index is 534. The number of amides is 1. The van der Waals surface area contributed by atoms with Gasteiger partial charge in [-0.3, -0.25) is 14.9 Å². The Morgan fingerprint density at radius 3 is 2.50 bits per heavy atom. The first kappa shape index (κ1) is 14.3. The number of nitro benzene ring substituents is 1. The van der Waals surface area contributed by atoms with Crippen molar-refractivity contribution in [2.24, 2.45) is 0 Å². The van der Waals surface area contributed by atoms with Crippen LogP contribution in [0.5, 0.6) is 0 Å². The lowest BCUT2D eigenvalue weighted by atomic mass is 9.96. The van der Waals surface area contributed by atoms with Gasteiger partial charge < -0.3 is 10.6 Å². The molecule has 20 heavy (non-hydrogen) atoms. The Hall–Kier alpha value is -2.11. The van der Waals surface area contributed by atoms with Crippen LogP contribution in [0, 0.1) is 10.1 Å². The molecule has 1 aromatic carbocycles. The zero-order chi connectivity index (χ0) is 14.9. The number of anilines is 1. The molecule has 6 nitrogen and oxygen atoms in total. The largest absolute Gasteiger partial charge is 0.393 e. The van der Waals surface area contributed by atoms with Crippen molar-refractivity contribution in [3.8, 4) is 0 Å². The second kappa shape index (κ2) is 5.48. The molecule has 6 heteroatoms. The lowest BCUT2D eigenvalue weighted by Gasteiger charge is -2.39. The molecule has 1 aliphatic rings. The van der Waals surface area contributed by atoms with E-state index in [0.29, 0.717) is 0 Å². The van der Waals surface area contributed by atoms with Gasteiger partial charge in [0.25, 0.3) is 5.91 Å². The van der Waals surface area contributed by atoms with E-state index in [-0.39, 0.29) is 34.9 Å². The van der Waals surface area contributed by atoms with E-state index in [1.54, 1.807) is 11.0 Å². The third-order valence-electron chi connectivity index (χ3n) is 3.91. The number of nitro groups is 1. The van der Waals surface area contributed by atoms with Crippen molar-refractivity contribution < 1.29 is 9.72 Å². The number of benzene rings is 1. The number of hydrogen-bond acceptors (Lipinski definition) is 4. The van der Waals surface area contributed by atoms with Crippen LogP contribution in [0.4, 0.5) is 11.4 Å². The highest BCUT2D eigenvalue weighted by molar-refractivity contribution is 6.00. The van der Waals surface area contributed by atoms with Crippen molar-refractivity contribution in [2.45, 2.75) is 45.2 Å². The molecule has 0 spiro atoms. The van der Waals surface area contributed by atoms with Crippen LogP contribution >= 0.6 is 0 Å². The van der Waals surface area contributed by atoms with Gasteiger partial charge in [-0.2, -0.15) is 0 Å². The van der Waals surface area contributed by atoms with Gasteiger partial charge >= 0.3 is 5.69 Å². The summed E-state index contributed by atoms with van der Waals surface area (Å²) in [5.74, 6) is -0.302. The summed E-state index contributed by atoms with van der Waals surface area (Å²) in [6, 6.07) is 4.68. The molecule has 1 fully saturated rings. The van der Waals surface area contributed by atoms with E-state index in [1.807, 2.05) is 13.8 Å². The number of likely N-dealkylation sites (tertiary alicyclic amines) is 1. The van der Waals surface area contributed by atoms with Crippen LogP contribution in [0.25, 0.3) is 0 Å². The van der Waals surface area contributed by atoms with E-state index in [9.17, 15) is 14.9 Å². The maximum atomic E-state index is 12.7. The van der Waals surface area contributed by atoms with Gasteiger partial charge in [-0.25, -0.2) is 0 Å². The first-order valence-electron chi connectivity index (χ1n) is 6.79. The normalized spacial score (nSPS) is 22.6. The van der Waals surface area contributed by atoms with Crippen LogP contribution in [0.1, 0.15) is 43.5 Å². The van der Waals surface area contributed by atoms with Gasteiger partial charge in [0.05, 0.1) is 4.92 Å². The molecule has 2 rings (SSSR count). The van der Waals surface area contributed by atoms with Crippen molar-refractivity contribution in [2.75, 3.05) is 5.73 Å². The SMILES string of the molecule is C[C@@H]1CCC[C@H](C)N1C(=O)c1cccc(N)c1[N+](=O)[O-]. The third-order valence-corrected chi connectivity index (χ3v) is 3.91. The van der Waals surface area contributed by atoms with Gasteiger partial charge in [-0.1, -0.05) is 6.07 Å². The molecular weight excluding hydrogens is 258 g/mol. The van der Waals surface area contributed by atoms with Gasteiger partial charge in [0, 0.05) is 12.1 Å². The Morgan fingerprint density at radius 2 is 1.95 bits per heavy atom. The molecular formula is C14H19N3O3. The van der Waals surface area contributed by atoms with E-state index < -0.39 is 4.92 Å². The van der Waals surface area contributed by atoms with E-state index in [1.165, 1.54) is 12.1 Å². The first-order chi connectivity index (χ1) is 9.43. The average Bonchev–Trinajstić information content (AvgIpc) is 2.37. The lowest BCUT2D eigenvalue weighted by molar-refractivity contribution is -0.384. The molecule has 0 saturated carbocycles. The molecule has 1 amide bonds. The van der Waals surface area contributed by atoms with Crippen molar-refractivity contribution in [3.05, 3.63) is 33.9 Å². The predicted octanol–water partition coefficient (Wildman–Crippen LogP) is 2.58. The number of hydrogen-bond donors (Lipinski definition) is 1. The third kappa shape index (κ3) is 2.45. The second-order valence-corrected chi connectivity index (χ2v) is 5.34. The minimum atomic E-state index is -0.582. The number of nitrogen functional groups attached to an aromatic ring is 1. The van der Waals surface area contributed by atoms with Crippen LogP contribution < -0.4 is 5.73 Å². The van der Waals surface area contributed by atoms with Crippen LogP contribution in [-0.2, 0) is 0 Å². The van der Waals surface area contributed by atoms with Gasteiger partial charge in [-0.15, -0.1) is 0 Å². The van der Waals surface area contributed by atoms with Crippen LogP contribution in [0.3, 0.4) is 0 Å². The Labute approximate surface area is 117 Å². The molecule has 1 heterocycles. The number of nitrogens with zero attached hydrogens (tertiary/aromatic N) is 2. The van der Waals surface area contributed by atoms with Crippen LogP contribution in [0.2, 0.25) is 0 Å². The topological polar surface area (TPSA) is 89.5 Å². The highest BCUT2D eigenvalue weighted by Crippen LogP contribution is 2.30. The maximum absolute atomic E-state index is 12.7.